The zero-order valence-electron chi connectivity index (χ0n) is 20.6. The van der Waals surface area contributed by atoms with Crippen LogP contribution in [-0.2, 0) is 26.2 Å². The SMILES string of the molecule is CC[C@@H](C)NC(=O)[C@@H](C)N(Cc1cccc(Cl)c1)C(=O)CN(c1cccc(C)c1C)S(C)(=O)=O. The lowest BCUT2D eigenvalue weighted by Gasteiger charge is -2.32. The molecule has 9 heteroatoms. The molecule has 0 saturated carbocycles. The number of aryl methyl sites for hydroxylation is 1. The Hall–Kier alpha value is -2.58. The number of carbonyl (C=O) groups is 2. The van der Waals surface area contributed by atoms with Gasteiger partial charge < -0.3 is 10.2 Å². The largest absolute Gasteiger partial charge is 0.352 e. The van der Waals surface area contributed by atoms with Crippen LogP contribution >= 0.6 is 11.6 Å². The maximum absolute atomic E-state index is 13.6. The molecular weight excluding hydrogens is 474 g/mol. The Bertz CT molecular complexity index is 1140. The first-order valence-corrected chi connectivity index (χ1v) is 13.5. The fraction of sp³-hybridized carbons (Fsp3) is 0.440. The summed E-state index contributed by atoms with van der Waals surface area (Å²) in [5.74, 6) is -0.791. The highest BCUT2D eigenvalue weighted by Gasteiger charge is 2.31. The summed E-state index contributed by atoms with van der Waals surface area (Å²) in [6.45, 7) is 8.87. The molecule has 0 aliphatic carbocycles. The monoisotopic (exact) mass is 507 g/mol. The minimum Gasteiger partial charge on any atom is -0.352 e. The van der Waals surface area contributed by atoms with E-state index >= 15 is 0 Å². The van der Waals surface area contributed by atoms with Crippen LogP contribution in [0.1, 0.15) is 43.9 Å². The van der Waals surface area contributed by atoms with Crippen LogP contribution in [0.5, 0.6) is 0 Å². The van der Waals surface area contributed by atoms with Crippen LogP contribution < -0.4 is 9.62 Å². The fourth-order valence-electron chi connectivity index (χ4n) is 3.48. The van der Waals surface area contributed by atoms with Crippen molar-refractivity contribution in [1.82, 2.24) is 10.2 Å². The van der Waals surface area contributed by atoms with Gasteiger partial charge in [-0.25, -0.2) is 8.42 Å². The lowest BCUT2D eigenvalue weighted by atomic mass is 10.1. The Morgan fingerprint density at radius 2 is 1.74 bits per heavy atom. The molecule has 0 saturated heterocycles. The number of rotatable bonds is 10. The number of halogens is 1. The molecule has 34 heavy (non-hydrogen) atoms. The highest BCUT2D eigenvalue weighted by molar-refractivity contribution is 7.92. The maximum Gasteiger partial charge on any atom is 0.244 e. The average molecular weight is 508 g/mol. The number of carbonyl (C=O) groups excluding carboxylic acids is 2. The van der Waals surface area contributed by atoms with Gasteiger partial charge in [-0.05, 0) is 69.0 Å². The quantitative estimate of drug-likeness (QED) is 0.525. The van der Waals surface area contributed by atoms with Gasteiger partial charge >= 0.3 is 0 Å². The van der Waals surface area contributed by atoms with Crippen molar-refractivity contribution in [1.29, 1.82) is 0 Å². The number of sulfonamides is 1. The van der Waals surface area contributed by atoms with Crippen LogP contribution in [0.15, 0.2) is 42.5 Å². The third-order valence-electron chi connectivity index (χ3n) is 5.93. The summed E-state index contributed by atoms with van der Waals surface area (Å²) in [6, 6.07) is 11.5. The highest BCUT2D eigenvalue weighted by Crippen LogP contribution is 2.25. The van der Waals surface area contributed by atoms with E-state index in [4.69, 9.17) is 11.6 Å². The summed E-state index contributed by atoms with van der Waals surface area (Å²) in [5.41, 5.74) is 2.86. The van der Waals surface area contributed by atoms with Crippen molar-refractivity contribution in [3.8, 4) is 0 Å². The molecule has 1 N–H and O–H groups in total. The Morgan fingerprint density at radius 1 is 1.09 bits per heavy atom. The molecule has 2 atom stereocenters. The van der Waals surface area contributed by atoms with E-state index in [9.17, 15) is 18.0 Å². The predicted molar refractivity (Wildman–Crippen MR) is 137 cm³/mol. The Kier molecular flexibility index (Phi) is 9.53. The number of hydrogen-bond donors (Lipinski definition) is 1. The van der Waals surface area contributed by atoms with E-state index in [2.05, 4.69) is 5.32 Å². The molecule has 7 nitrogen and oxygen atoms in total. The van der Waals surface area contributed by atoms with Gasteiger partial charge in [0.25, 0.3) is 0 Å². The molecule has 2 aromatic rings. The third kappa shape index (κ3) is 7.21. The molecule has 2 rings (SSSR count). The zero-order chi connectivity index (χ0) is 25.6. The number of hydrogen-bond acceptors (Lipinski definition) is 4. The van der Waals surface area contributed by atoms with E-state index < -0.39 is 28.5 Å². The molecule has 0 fully saturated rings. The second-order valence-electron chi connectivity index (χ2n) is 8.63. The lowest BCUT2D eigenvalue weighted by Crippen LogP contribution is -2.52. The highest BCUT2D eigenvalue weighted by atomic mass is 35.5. The van der Waals surface area contributed by atoms with E-state index in [1.165, 1.54) is 4.90 Å². The maximum atomic E-state index is 13.6. The first kappa shape index (κ1) is 27.7. The van der Waals surface area contributed by atoms with Gasteiger partial charge in [0.1, 0.15) is 12.6 Å². The normalized spacial score (nSPS) is 13.1. The van der Waals surface area contributed by atoms with E-state index in [1.807, 2.05) is 39.8 Å². The van der Waals surface area contributed by atoms with E-state index in [0.29, 0.717) is 10.7 Å². The zero-order valence-corrected chi connectivity index (χ0v) is 22.2. The second-order valence-corrected chi connectivity index (χ2v) is 11.0. The number of amides is 2. The third-order valence-corrected chi connectivity index (χ3v) is 7.30. The lowest BCUT2D eigenvalue weighted by molar-refractivity contribution is -0.139. The van der Waals surface area contributed by atoms with E-state index in [-0.39, 0.29) is 18.5 Å². The summed E-state index contributed by atoms with van der Waals surface area (Å²) < 4.78 is 26.5. The van der Waals surface area contributed by atoms with Gasteiger partial charge in [-0.1, -0.05) is 42.8 Å². The van der Waals surface area contributed by atoms with Crippen molar-refractivity contribution in [2.45, 2.75) is 59.7 Å². The van der Waals surface area contributed by atoms with Crippen LogP contribution in [-0.4, -0.2) is 50.0 Å². The summed E-state index contributed by atoms with van der Waals surface area (Å²) >= 11 is 6.12. The van der Waals surface area contributed by atoms with Gasteiger partial charge in [0.15, 0.2) is 0 Å². The second kappa shape index (κ2) is 11.7. The topological polar surface area (TPSA) is 86.8 Å². The number of benzene rings is 2. The Labute approximate surface area is 208 Å². The van der Waals surface area contributed by atoms with Gasteiger partial charge in [0.05, 0.1) is 11.9 Å². The molecule has 0 aliphatic rings. The van der Waals surface area contributed by atoms with Gasteiger partial charge in [0.2, 0.25) is 21.8 Å². The van der Waals surface area contributed by atoms with Crippen molar-refractivity contribution in [2.24, 2.45) is 0 Å². The summed E-state index contributed by atoms with van der Waals surface area (Å²) in [6.07, 6.45) is 1.82. The summed E-state index contributed by atoms with van der Waals surface area (Å²) in [7, 11) is -3.77. The number of nitrogens with zero attached hydrogens (tertiary/aromatic N) is 2. The Balaban J connectivity index is 2.43. The van der Waals surface area contributed by atoms with Gasteiger partial charge in [0, 0.05) is 17.6 Å². The molecule has 0 radical (unpaired) electrons. The van der Waals surface area contributed by atoms with Crippen LogP contribution in [0.2, 0.25) is 5.02 Å². The van der Waals surface area contributed by atoms with Crippen LogP contribution in [0.25, 0.3) is 0 Å². The first-order chi connectivity index (χ1) is 15.8. The fourth-order valence-corrected chi connectivity index (χ4v) is 4.59. The minimum atomic E-state index is -3.77. The van der Waals surface area contributed by atoms with Gasteiger partial charge in [-0.3, -0.25) is 13.9 Å². The molecule has 0 spiro atoms. The molecule has 0 aromatic heterocycles. The molecule has 186 valence electrons. The predicted octanol–water partition coefficient (Wildman–Crippen LogP) is 4.05. The van der Waals surface area contributed by atoms with Crippen molar-refractivity contribution in [3.63, 3.8) is 0 Å². The number of anilines is 1. The molecule has 0 heterocycles. The summed E-state index contributed by atoms with van der Waals surface area (Å²) in [5, 5.41) is 3.41. The summed E-state index contributed by atoms with van der Waals surface area (Å²) in [4.78, 5) is 27.9. The average Bonchev–Trinajstić information content (AvgIpc) is 2.76. The minimum absolute atomic E-state index is 0.0551. The van der Waals surface area contributed by atoms with Crippen LogP contribution in [0, 0.1) is 13.8 Å². The van der Waals surface area contributed by atoms with E-state index in [1.54, 1.807) is 37.3 Å². The molecule has 0 unspecified atom stereocenters. The molecular formula is C25H34ClN3O4S. The van der Waals surface area contributed by atoms with Crippen molar-refractivity contribution < 1.29 is 18.0 Å². The smallest absolute Gasteiger partial charge is 0.244 e. The molecule has 0 aliphatic heterocycles. The van der Waals surface area contributed by atoms with Gasteiger partial charge in [-0.2, -0.15) is 0 Å². The van der Waals surface area contributed by atoms with Crippen molar-refractivity contribution in [3.05, 3.63) is 64.2 Å². The van der Waals surface area contributed by atoms with E-state index in [0.717, 1.165) is 33.7 Å². The van der Waals surface area contributed by atoms with Crippen LogP contribution in [0.3, 0.4) is 0 Å². The standard InChI is InChI=1S/C25H34ClN3O4S/c1-7-18(3)27-25(31)20(5)28(15-21-11-9-12-22(26)14-21)24(30)16-29(34(6,32)33)23-13-8-10-17(2)19(23)4/h8-14,18,20H,7,15-16H2,1-6H3,(H,27,31)/t18-,20-/m1/s1. The van der Waals surface area contributed by atoms with Gasteiger partial charge in [-0.15, -0.1) is 0 Å². The number of nitrogens with one attached hydrogen (secondary N) is 1. The first-order valence-electron chi connectivity index (χ1n) is 11.2. The van der Waals surface area contributed by atoms with Crippen molar-refractivity contribution in [2.75, 3.05) is 17.1 Å². The molecule has 0 bridgehead atoms. The molecule has 2 amide bonds. The van der Waals surface area contributed by atoms with Crippen molar-refractivity contribution >= 4 is 39.1 Å². The Morgan fingerprint density at radius 3 is 2.32 bits per heavy atom. The van der Waals surface area contributed by atoms with Crippen LogP contribution in [0.4, 0.5) is 5.69 Å². The molecule has 2 aromatic carbocycles.